The third kappa shape index (κ3) is 4.79. The zero-order valence-electron chi connectivity index (χ0n) is 13.9. The highest BCUT2D eigenvalue weighted by Gasteiger charge is 2.31. The number of likely N-dealkylation sites (tertiary alicyclic amines) is 1. The number of amides is 3. The Bertz CT molecular complexity index is 608. The fourth-order valence-corrected chi connectivity index (χ4v) is 2.53. The number of methoxy groups -OCH3 is 1. The van der Waals surface area contributed by atoms with E-state index in [1.54, 1.807) is 26.2 Å². The van der Waals surface area contributed by atoms with Crippen LogP contribution in [0.1, 0.15) is 25.3 Å². The van der Waals surface area contributed by atoms with Crippen molar-refractivity contribution in [3.63, 3.8) is 0 Å². The average Bonchev–Trinajstić information content (AvgIpc) is 2.85. The summed E-state index contributed by atoms with van der Waals surface area (Å²) in [6, 6.07) is 7.29. The maximum atomic E-state index is 11.9. The Balaban J connectivity index is 1.83. The van der Waals surface area contributed by atoms with Gasteiger partial charge in [-0.1, -0.05) is 12.1 Å². The molecule has 1 fully saturated rings. The number of hydrogen-bond acceptors (Lipinski definition) is 5. The molecule has 0 aromatic heterocycles. The molecule has 2 N–H and O–H groups in total. The number of benzene rings is 1. The van der Waals surface area contributed by atoms with E-state index in [1.165, 1.54) is 0 Å². The number of nitrogens with zero attached hydrogens (tertiary/aromatic N) is 1. The van der Waals surface area contributed by atoms with Crippen molar-refractivity contribution in [3.8, 4) is 5.75 Å². The molecule has 1 aliphatic rings. The van der Waals surface area contributed by atoms with Crippen LogP contribution in [-0.4, -0.2) is 53.5 Å². The third-order valence-electron chi connectivity index (χ3n) is 3.87. The Morgan fingerprint density at radius 3 is 2.38 bits per heavy atom. The normalized spacial score (nSPS) is 16.9. The summed E-state index contributed by atoms with van der Waals surface area (Å²) < 4.78 is 5.08. The van der Waals surface area contributed by atoms with Gasteiger partial charge in [-0.15, -0.1) is 0 Å². The van der Waals surface area contributed by atoms with Gasteiger partial charge in [-0.2, -0.15) is 0 Å². The molecule has 0 bridgehead atoms. The summed E-state index contributed by atoms with van der Waals surface area (Å²) in [7, 11) is 1.58. The summed E-state index contributed by atoms with van der Waals surface area (Å²) >= 11 is 0. The highest BCUT2D eigenvalue weighted by atomic mass is 16.5. The topological polar surface area (TPSA) is 95.9 Å². The standard InChI is InChI=1S/C17H22N2O5/c1-17(23,9-12-3-5-13(24-2)6-4-12)11-18-14(20)10-19-15(21)7-8-16(19)22/h3-6,23H,7-11H2,1-2H3,(H,18,20)/t17-/m0/s1. The average molecular weight is 334 g/mol. The minimum absolute atomic E-state index is 0.0219. The lowest BCUT2D eigenvalue weighted by Gasteiger charge is -2.24. The van der Waals surface area contributed by atoms with Gasteiger partial charge in [-0.05, 0) is 24.6 Å². The molecule has 1 aromatic rings. The van der Waals surface area contributed by atoms with Gasteiger partial charge >= 0.3 is 0 Å². The number of aliphatic hydroxyl groups is 1. The Kier molecular flexibility index (Phi) is 5.56. The molecule has 1 heterocycles. The first kappa shape index (κ1) is 17.9. The number of hydrogen-bond donors (Lipinski definition) is 2. The van der Waals surface area contributed by atoms with Gasteiger partial charge in [0.25, 0.3) is 0 Å². The van der Waals surface area contributed by atoms with Crippen LogP contribution in [-0.2, 0) is 20.8 Å². The predicted molar refractivity (Wildman–Crippen MR) is 86.3 cm³/mol. The van der Waals surface area contributed by atoms with E-state index in [1.807, 2.05) is 12.1 Å². The second-order valence-electron chi connectivity index (χ2n) is 6.17. The lowest BCUT2D eigenvalue weighted by molar-refractivity contribution is -0.142. The number of rotatable bonds is 7. The molecule has 1 aliphatic heterocycles. The molecule has 7 heteroatoms. The second kappa shape index (κ2) is 7.44. The fraction of sp³-hybridized carbons (Fsp3) is 0.471. The zero-order chi connectivity index (χ0) is 17.7. The molecule has 1 aromatic carbocycles. The van der Waals surface area contributed by atoms with Crippen molar-refractivity contribution in [1.29, 1.82) is 0 Å². The molecule has 3 amide bonds. The second-order valence-corrected chi connectivity index (χ2v) is 6.17. The van der Waals surface area contributed by atoms with Gasteiger partial charge in [0, 0.05) is 25.8 Å². The Hall–Kier alpha value is -2.41. The van der Waals surface area contributed by atoms with Crippen molar-refractivity contribution < 1.29 is 24.2 Å². The van der Waals surface area contributed by atoms with E-state index >= 15 is 0 Å². The smallest absolute Gasteiger partial charge is 0.240 e. The van der Waals surface area contributed by atoms with Crippen molar-refractivity contribution >= 4 is 17.7 Å². The third-order valence-corrected chi connectivity index (χ3v) is 3.87. The molecular weight excluding hydrogens is 312 g/mol. The van der Waals surface area contributed by atoms with Gasteiger partial charge in [0.05, 0.1) is 12.7 Å². The molecule has 0 aliphatic carbocycles. The molecule has 1 atom stereocenters. The van der Waals surface area contributed by atoms with Gasteiger partial charge in [0.2, 0.25) is 17.7 Å². The first-order valence-corrected chi connectivity index (χ1v) is 7.76. The first-order valence-electron chi connectivity index (χ1n) is 7.76. The highest BCUT2D eigenvalue weighted by molar-refractivity contribution is 6.04. The van der Waals surface area contributed by atoms with E-state index in [-0.39, 0.29) is 37.7 Å². The summed E-state index contributed by atoms with van der Waals surface area (Å²) in [4.78, 5) is 35.8. The molecule has 0 spiro atoms. The van der Waals surface area contributed by atoms with Crippen molar-refractivity contribution in [2.75, 3.05) is 20.2 Å². The Morgan fingerprint density at radius 1 is 1.25 bits per heavy atom. The van der Waals surface area contributed by atoms with Crippen molar-refractivity contribution in [1.82, 2.24) is 10.2 Å². The Labute approximate surface area is 140 Å². The van der Waals surface area contributed by atoms with Crippen LogP contribution in [0.15, 0.2) is 24.3 Å². The highest BCUT2D eigenvalue weighted by Crippen LogP contribution is 2.17. The molecular formula is C17H22N2O5. The summed E-state index contributed by atoms with van der Waals surface area (Å²) in [6.45, 7) is 1.34. The number of ether oxygens (including phenoxy) is 1. The van der Waals surface area contributed by atoms with Gasteiger partial charge in [0.15, 0.2) is 0 Å². The van der Waals surface area contributed by atoms with Gasteiger partial charge in [-0.25, -0.2) is 0 Å². The maximum Gasteiger partial charge on any atom is 0.240 e. The van der Waals surface area contributed by atoms with Crippen LogP contribution in [0.2, 0.25) is 0 Å². The molecule has 7 nitrogen and oxygen atoms in total. The minimum atomic E-state index is -1.15. The van der Waals surface area contributed by atoms with E-state index < -0.39 is 11.5 Å². The van der Waals surface area contributed by atoms with Gasteiger partial charge in [-0.3, -0.25) is 19.3 Å². The minimum Gasteiger partial charge on any atom is -0.497 e. The monoisotopic (exact) mass is 334 g/mol. The van der Waals surface area contributed by atoms with Crippen molar-refractivity contribution in [2.24, 2.45) is 0 Å². The van der Waals surface area contributed by atoms with Crippen LogP contribution >= 0.6 is 0 Å². The van der Waals surface area contributed by atoms with Crippen LogP contribution in [0.3, 0.4) is 0 Å². The van der Waals surface area contributed by atoms with Gasteiger partial charge < -0.3 is 15.2 Å². The molecule has 130 valence electrons. The number of carbonyl (C=O) groups excluding carboxylic acids is 3. The van der Waals surface area contributed by atoms with Crippen molar-refractivity contribution in [2.45, 2.75) is 31.8 Å². The number of nitrogens with one attached hydrogen (secondary N) is 1. The summed E-state index contributed by atoms with van der Waals surface area (Å²) in [5.41, 5.74) is -0.247. The molecule has 0 saturated carbocycles. The lowest BCUT2D eigenvalue weighted by atomic mass is 9.96. The zero-order valence-corrected chi connectivity index (χ0v) is 13.9. The van der Waals surface area contributed by atoms with Crippen LogP contribution < -0.4 is 10.1 Å². The van der Waals surface area contributed by atoms with Crippen LogP contribution in [0.5, 0.6) is 5.75 Å². The summed E-state index contributed by atoms with van der Waals surface area (Å²) in [6.07, 6.45) is 0.654. The molecule has 2 rings (SSSR count). The van der Waals surface area contributed by atoms with E-state index in [0.29, 0.717) is 6.42 Å². The largest absolute Gasteiger partial charge is 0.497 e. The van der Waals surface area contributed by atoms with E-state index in [4.69, 9.17) is 4.74 Å². The van der Waals surface area contributed by atoms with Crippen LogP contribution in [0.25, 0.3) is 0 Å². The molecule has 24 heavy (non-hydrogen) atoms. The fourth-order valence-electron chi connectivity index (χ4n) is 2.53. The molecule has 1 saturated heterocycles. The molecule has 0 unspecified atom stereocenters. The van der Waals surface area contributed by atoms with Crippen molar-refractivity contribution in [3.05, 3.63) is 29.8 Å². The summed E-state index contributed by atoms with van der Waals surface area (Å²) in [5.74, 6) is -0.402. The lowest BCUT2D eigenvalue weighted by Crippen LogP contribution is -2.46. The van der Waals surface area contributed by atoms with E-state index in [9.17, 15) is 19.5 Å². The number of carbonyl (C=O) groups is 3. The maximum absolute atomic E-state index is 11.9. The quantitative estimate of drug-likeness (QED) is 0.697. The van der Waals surface area contributed by atoms with Gasteiger partial charge in [0.1, 0.15) is 12.3 Å². The Morgan fingerprint density at radius 2 is 1.83 bits per heavy atom. The van der Waals surface area contributed by atoms with E-state index in [0.717, 1.165) is 16.2 Å². The van der Waals surface area contributed by atoms with Crippen LogP contribution in [0, 0.1) is 0 Å². The number of imide groups is 1. The van der Waals surface area contributed by atoms with Crippen LogP contribution in [0.4, 0.5) is 0 Å². The van der Waals surface area contributed by atoms with E-state index in [2.05, 4.69) is 5.32 Å². The summed E-state index contributed by atoms with van der Waals surface area (Å²) in [5, 5.41) is 13.0. The SMILES string of the molecule is COc1ccc(C[C@](C)(O)CNC(=O)CN2C(=O)CCC2=O)cc1. The first-order chi connectivity index (χ1) is 11.3. The molecule has 0 radical (unpaired) electrons. The predicted octanol–water partition coefficient (Wildman–Crippen LogP) is 0.254.